The Kier molecular flexibility index (Phi) is 5.86. The third-order valence-electron chi connectivity index (χ3n) is 1.50. The minimum absolute atomic E-state index is 0.990. The molecule has 1 rings (SSSR count). The van der Waals surface area contributed by atoms with Crippen LogP contribution in [0.5, 0.6) is 0 Å². The second-order valence-electron chi connectivity index (χ2n) is 4.03. The van der Waals surface area contributed by atoms with Gasteiger partial charge in [-0.2, -0.15) is 0 Å². The monoisotopic (exact) mass is 208 g/mol. The molecule has 0 spiro atoms. The molecule has 76 valence electrons. The average Bonchev–Trinajstić information content (AvgIpc) is 2.04. The topological polar surface area (TPSA) is 23.8 Å². The summed E-state index contributed by atoms with van der Waals surface area (Å²) in [4.78, 5) is 0. The van der Waals surface area contributed by atoms with Crippen molar-refractivity contribution in [3.8, 4) is 5.40 Å². The summed E-state index contributed by atoms with van der Waals surface area (Å²) in [5, 5.41) is 8.47. The van der Waals surface area contributed by atoms with Crippen LogP contribution in [0.3, 0.4) is 0 Å². The Balaban J connectivity index is 0.000000500. The van der Waals surface area contributed by atoms with Gasteiger partial charge < -0.3 is 17.1 Å². The Morgan fingerprint density at radius 1 is 1.21 bits per heavy atom. The molecule has 1 aromatic carbocycles. The average molecular weight is 208 g/mol. The molecule has 2 nitrogen and oxygen atoms in total. The van der Waals surface area contributed by atoms with E-state index in [1.165, 1.54) is 11.0 Å². The van der Waals surface area contributed by atoms with Crippen LogP contribution in [0.25, 0.3) is 0 Å². The maximum absolute atomic E-state index is 7.13. The summed E-state index contributed by atoms with van der Waals surface area (Å²) in [6.45, 7) is 1.10. The Hall–Kier alpha value is -1.11. The first-order valence-electron chi connectivity index (χ1n) is 4.35. The van der Waals surface area contributed by atoms with E-state index in [0.717, 1.165) is 11.0 Å². The van der Waals surface area contributed by atoms with Crippen LogP contribution in [0.15, 0.2) is 30.3 Å². The van der Waals surface area contributed by atoms with Gasteiger partial charge in [0.15, 0.2) is 0 Å². The van der Waals surface area contributed by atoms with Crippen molar-refractivity contribution < 1.29 is 4.48 Å². The van der Waals surface area contributed by atoms with Gasteiger partial charge in [-0.1, -0.05) is 35.7 Å². The van der Waals surface area contributed by atoms with Crippen molar-refractivity contribution in [2.45, 2.75) is 6.54 Å². The summed E-state index contributed by atoms with van der Waals surface area (Å²) < 4.78 is 0.990. The van der Waals surface area contributed by atoms with Crippen LogP contribution in [-0.2, 0) is 19.2 Å². The van der Waals surface area contributed by atoms with E-state index in [0.29, 0.717) is 0 Å². The fourth-order valence-electron chi connectivity index (χ4n) is 1.13. The van der Waals surface area contributed by atoms with Gasteiger partial charge >= 0.3 is 0 Å². The molecule has 0 fully saturated rings. The molecule has 0 saturated carbocycles. The number of rotatable bonds is 2. The van der Waals surface area contributed by atoms with Gasteiger partial charge in [-0.05, 0) is 0 Å². The summed E-state index contributed by atoms with van der Waals surface area (Å²) in [7, 11) is 6.60. The number of nitrogens with zero attached hydrogens (tertiary/aromatic N) is 2. The van der Waals surface area contributed by atoms with E-state index in [9.17, 15) is 0 Å². The van der Waals surface area contributed by atoms with E-state index in [1.807, 2.05) is 0 Å². The molecule has 1 aromatic rings. The third kappa shape index (κ3) is 7.53. The Labute approximate surface area is 91.8 Å². The highest BCUT2D eigenvalue weighted by molar-refractivity contribution is 7.64. The number of thiocyanates is 1. The minimum atomic E-state index is 0.990. The van der Waals surface area contributed by atoms with Gasteiger partial charge in [-0.15, -0.1) is 0 Å². The van der Waals surface area contributed by atoms with E-state index in [-0.39, 0.29) is 0 Å². The van der Waals surface area contributed by atoms with Crippen LogP contribution in [-0.4, -0.2) is 25.6 Å². The lowest BCUT2D eigenvalue weighted by Gasteiger charge is -2.23. The number of hydrogen-bond donors (Lipinski definition) is 0. The second-order valence-corrected chi connectivity index (χ2v) is 4.21. The Bertz CT molecular complexity index is 282. The van der Waals surface area contributed by atoms with Crippen LogP contribution < -0.4 is 0 Å². The van der Waals surface area contributed by atoms with Gasteiger partial charge in [0.2, 0.25) is 0 Å². The lowest BCUT2D eigenvalue weighted by molar-refractivity contribution is -0.884. The summed E-state index contributed by atoms with van der Waals surface area (Å²) >= 11 is 3.70. The molecule has 0 unspecified atom stereocenters. The smallest absolute Gasteiger partial charge is 0.104 e. The van der Waals surface area contributed by atoms with E-state index < -0.39 is 0 Å². The fraction of sp³-hybridized carbons (Fsp3) is 0.364. The van der Waals surface area contributed by atoms with Crippen molar-refractivity contribution >= 4 is 12.6 Å². The van der Waals surface area contributed by atoms with E-state index in [4.69, 9.17) is 5.26 Å². The van der Waals surface area contributed by atoms with Gasteiger partial charge in [-0.3, -0.25) is 0 Å². The molecule has 0 saturated heterocycles. The maximum Gasteiger partial charge on any atom is 0.104 e. The highest BCUT2D eigenvalue weighted by Gasteiger charge is 2.06. The normalized spacial score (nSPS) is 9.57. The van der Waals surface area contributed by atoms with E-state index >= 15 is 0 Å². The summed E-state index contributed by atoms with van der Waals surface area (Å²) in [5.74, 6) is 0. The van der Waals surface area contributed by atoms with Gasteiger partial charge in [0.1, 0.15) is 6.54 Å². The lowest BCUT2D eigenvalue weighted by atomic mass is 10.2. The SMILES string of the molecule is C[N+](C)(C)Cc1ccccc1.N#C[S-]. The van der Waals surface area contributed by atoms with Gasteiger partial charge in [0.25, 0.3) is 0 Å². The van der Waals surface area contributed by atoms with E-state index in [2.05, 4.69) is 64.1 Å². The fourth-order valence-corrected chi connectivity index (χ4v) is 1.13. The van der Waals surface area contributed by atoms with Crippen LogP contribution >= 0.6 is 0 Å². The number of benzene rings is 1. The molecule has 3 heteroatoms. The van der Waals surface area contributed by atoms with Gasteiger partial charge in [0.05, 0.1) is 21.1 Å². The molecule has 0 amide bonds. The maximum atomic E-state index is 7.13. The predicted molar refractivity (Wildman–Crippen MR) is 61.2 cm³/mol. The first kappa shape index (κ1) is 12.9. The molecular formula is C11H16N2S. The van der Waals surface area contributed by atoms with Crippen LogP contribution in [0.4, 0.5) is 0 Å². The molecule has 0 atom stereocenters. The standard InChI is InChI=1S/C10H16N.CHNS/c1-11(2,3)9-10-7-5-4-6-8-10;2-1-3/h4-8H,9H2,1-3H3;3H/q+1;/p-1. The van der Waals surface area contributed by atoms with Crippen molar-refractivity contribution in [2.24, 2.45) is 0 Å². The van der Waals surface area contributed by atoms with Crippen LogP contribution in [0.1, 0.15) is 5.56 Å². The Morgan fingerprint density at radius 3 is 2.00 bits per heavy atom. The van der Waals surface area contributed by atoms with Gasteiger partial charge in [0, 0.05) is 5.56 Å². The molecule has 0 heterocycles. The summed E-state index contributed by atoms with van der Waals surface area (Å²) in [5.41, 5.74) is 1.40. The van der Waals surface area contributed by atoms with Crippen molar-refractivity contribution in [1.82, 2.24) is 0 Å². The predicted octanol–water partition coefficient (Wildman–Crippen LogP) is 1.91. The molecule has 0 aliphatic heterocycles. The zero-order chi connectivity index (χ0) is 11.0. The zero-order valence-corrected chi connectivity index (χ0v) is 9.71. The first-order valence-corrected chi connectivity index (χ1v) is 4.76. The minimum Gasteiger partial charge on any atom is -0.696 e. The lowest BCUT2D eigenvalue weighted by Crippen LogP contribution is -2.33. The quantitative estimate of drug-likeness (QED) is 0.421. The molecule has 0 aliphatic rings. The highest BCUT2D eigenvalue weighted by atomic mass is 32.1. The highest BCUT2D eigenvalue weighted by Crippen LogP contribution is 2.04. The number of nitriles is 1. The Morgan fingerprint density at radius 2 is 1.64 bits per heavy atom. The third-order valence-corrected chi connectivity index (χ3v) is 1.50. The van der Waals surface area contributed by atoms with Crippen LogP contribution in [0.2, 0.25) is 0 Å². The molecule has 0 bridgehead atoms. The molecule has 0 radical (unpaired) electrons. The van der Waals surface area contributed by atoms with Crippen molar-refractivity contribution in [3.05, 3.63) is 35.9 Å². The van der Waals surface area contributed by atoms with Gasteiger partial charge in [-0.25, -0.2) is 5.26 Å². The van der Waals surface area contributed by atoms with Crippen molar-refractivity contribution in [1.29, 1.82) is 5.26 Å². The largest absolute Gasteiger partial charge is 0.696 e. The zero-order valence-electron chi connectivity index (χ0n) is 8.90. The van der Waals surface area contributed by atoms with E-state index in [1.54, 1.807) is 0 Å². The molecular weight excluding hydrogens is 192 g/mol. The summed E-state index contributed by atoms with van der Waals surface area (Å²) in [6.07, 6.45) is 0. The van der Waals surface area contributed by atoms with Crippen molar-refractivity contribution in [3.63, 3.8) is 0 Å². The van der Waals surface area contributed by atoms with Crippen molar-refractivity contribution in [2.75, 3.05) is 21.1 Å². The first-order chi connectivity index (χ1) is 6.49. The molecule has 0 N–H and O–H groups in total. The summed E-state index contributed by atoms with van der Waals surface area (Å²) in [6, 6.07) is 10.6. The molecule has 0 aromatic heterocycles. The molecule has 0 aliphatic carbocycles. The van der Waals surface area contributed by atoms with Crippen LogP contribution in [0, 0.1) is 10.7 Å². The number of hydrogen-bond acceptors (Lipinski definition) is 2. The second kappa shape index (κ2) is 6.36. The molecule has 14 heavy (non-hydrogen) atoms. The number of quaternary nitrogens is 1.